The van der Waals surface area contributed by atoms with Gasteiger partial charge in [-0.15, -0.1) is 0 Å². The normalized spacial score (nSPS) is 22.1. The molecule has 0 unspecified atom stereocenters. The van der Waals surface area contributed by atoms with Crippen molar-refractivity contribution in [3.63, 3.8) is 0 Å². The second-order valence-corrected chi connectivity index (χ2v) is 6.41. The SMILES string of the molecule is CC1(C)CCC([Se]C(F)(F)F)=CC1=O. The number of carbonyl (C=O) groups excluding carboxylic acids is 1. The van der Waals surface area contributed by atoms with Gasteiger partial charge in [-0.25, -0.2) is 0 Å². The molecule has 0 radical (unpaired) electrons. The Hall–Kier alpha value is -0.281. The van der Waals surface area contributed by atoms with E-state index in [2.05, 4.69) is 0 Å². The minimum absolute atomic E-state index is 0.176. The first-order valence-electron chi connectivity index (χ1n) is 4.21. The van der Waals surface area contributed by atoms with Crippen LogP contribution in [0.4, 0.5) is 13.2 Å². The van der Waals surface area contributed by atoms with Gasteiger partial charge in [0.15, 0.2) is 0 Å². The molecule has 1 rings (SSSR count). The number of alkyl halides is 3. The van der Waals surface area contributed by atoms with Gasteiger partial charge in [0.2, 0.25) is 0 Å². The maximum atomic E-state index is 12.0. The molecule has 80 valence electrons. The van der Waals surface area contributed by atoms with Crippen molar-refractivity contribution >= 4 is 20.7 Å². The van der Waals surface area contributed by atoms with Gasteiger partial charge in [-0.2, -0.15) is 0 Å². The third-order valence-electron chi connectivity index (χ3n) is 2.20. The van der Waals surface area contributed by atoms with E-state index in [-0.39, 0.29) is 10.3 Å². The summed E-state index contributed by atoms with van der Waals surface area (Å²) in [5.74, 6) is -0.176. The van der Waals surface area contributed by atoms with Crippen LogP contribution in [-0.4, -0.2) is 25.8 Å². The summed E-state index contributed by atoms with van der Waals surface area (Å²) in [7, 11) is 0. The molecule has 0 aromatic carbocycles. The number of carbonyl (C=O) groups is 1. The van der Waals surface area contributed by atoms with Gasteiger partial charge in [0, 0.05) is 0 Å². The molecule has 0 aromatic rings. The second kappa shape index (κ2) is 3.70. The van der Waals surface area contributed by atoms with Gasteiger partial charge in [-0.1, -0.05) is 0 Å². The fourth-order valence-corrected chi connectivity index (χ4v) is 2.60. The molecule has 0 atom stereocenters. The third kappa shape index (κ3) is 3.14. The third-order valence-corrected chi connectivity index (χ3v) is 3.91. The zero-order valence-electron chi connectivity index (χ0n) is 7.94. The van der Waals surface area contributed by atoms with E-state index in [0.717, 1.165) is 0 Å². The van der Waals surface area contributed by atoms with Crippen LogP contribution in [0.25, 0.3) is 0 Å². The van der Waals surface area contributed by atoms with Crippen molar-refractivity contribution in [1.29, 1.82) is 0 Å². The standard InChI is InChI=1S/C9H11F3OSe/c1-8(2)4-3-6(5-7(8)13)14-9(10,11)12/h5H,3-4H2,1-2H3. The van der Waals surface area contributed by atoms with Crippen LogP contribution in [0.1, 0.15) is 26.7 Å². The number of allylic oxidation sites excluding steroid dienone is 2. The Morgan fingerprint density at radius 2 is 2.00 bits per heavy atom. The predicted molar refractivity (Wildman–Crippen MR) is 47.9 cm³/mol. The Balaban J connectivity index is 2.72. The van der Waals surface area contributed by atoms with E-state index in [9.17, 15) is 18.0 Å². The van der Waals surface area contributed by atoms with E-state index >= 15 is 0 Å². The van der Waals surface area contributed by atoms with Gasteiger partial charge < -0.3 is 0 Å². The van der Waals surface area contributed by atoms with Gasteiger partial charge >= 0.3 is 86.4 Å². The van der Waals surface area contributed by atoms with Crippen LogP contribution in [-0.2, 0) is 4.79 Å². The van der Waals surface area contributed by atoms with Gasteiger partial charge in [0.1, 0.15) is 0 Å². The molecule has 0 saturated carbocycles. The number of ketones is 1. The molecule has 1 aliphatic carbocycles. The molecule has 0 N–H and O–H groups in total. The van der Waals surface area contributed by atoms with E-state index in [0.29, 0.717) is 12.8 Å². The van der Waals surface area contributed by atoms with Gasteiger partial charge in [-0.05, 0) is 0 Å². The summed E-state index contributed by atoms with van der Waals surface area (Å²) in [6.45, 7) is 3.53. The van der Waals surface area contributed by atoms with Crippen molar-refractivity contribution in [2.24, 2.45) is 5.41 Å². The molecule has 0 aromatic heterocycles. The fourth-order valence-electron chi connectivity index (χ4n) is 1.20. The van der Waals surface area contributed by atoms with Crippen molar-refractivity contribution in [2.75, 3.05) is 0 Å². The van der Waals surface area contributed by atoms with Gasteiger partial charge in [0.25, 0.3) is 0 Å². The van der Waals surface area contributed by atoms with E-state index < -0.39 is 25.4 Å². The molecule has 1 nitrogen and oxygen atoms in total. The van der Waals surface area contributed by atoms with Gasteiger partial charge in [0.05, 0.1) is 0 Å². The first-order valence-corrected chi connectivity index (χ1v) is 5.93. The fraction of sp³-hybridized carbons (Fsp3) is 0.667. The first kappa shape index (κ1) is 11.8. The molecule has 5 heteroatoms. The summed E-state index contributed by atoms with van der Waals surface area (Å²) >= 11 is -1.53. The summed E-state index contributed by atoms with van der Waals surface area (Å²) in [6, 6.07) is 0. The maximum absolute atomic E-state index is 12.0. The molecule has 1 aliphatic rings. The molecule has 14 heavy (non-hydrogen) atoms. The van der Waals surface area contributed by atoms with E-state index in [1.54, 1.807) is 13.8 Å². The molecule has 0 heterocycles. The number of hydrogen-bond donors (Lipinski definition) is 0. The molecular formula is C9H11F3OSe. The molecule has 0 aliphatic heterocycles. The Morgan fingerprint density at radius 1 is 1.43 bits per heavy atom. The summed E-state index contributed by atoms with van der Waals surface area (Å²) in [5.41, 5.74) is -0.481. The van der Waals surface area contributed by atoms with Crippen LogP contribution in [0.3, 0.4) is 0 Å². The van der Waals surface area contributed by atoms with Crippen molar-refractivity contribution in [1.82, 2.24) is 0 Å². The van der Waals surface area contributed by atoms with Crippen molar-refractivity contribution in [3.05, 3.63) is 10.5 Å². The number of halogens is 3. The Bertz CT molecular complexity index is 278. The molecule has 0 spiro atoms. The zero-order valence-corrected chi connectivity index (χ0v) is 9.66. The van der Waals surface area contributed by atoms with Crippen LogP contribution in [0.2, 0.25) is 0 Å². The van der Waals surface area contributed by atoms with E-state index in [4.69, 9.17) is 0 Å². The van der Waals surface area contributed by atoms with Crippen LogP contribution < -0.4 is 0 Å². The number of hydrogen-bond acceptors (Lipinski definition) is 1. The predicted octanol–water partition coefficient (Wildman–Crippen LogP) is 2.48. The monoisotopic (exact) mass is 272 g/mol. The number of rotatable bonds is 1. The summed E-state index contributed by atoms with van der Waals surface area (Å²) in [4.78, 5) is 11.4. The molecule has 0 bridgehead atoms. The Labute approximate surface area is 86.9 Å². The Morgan fingerprint density at radius 3 is 2.43 bits per heavy atom. The van der Waals surface area contributed by atoms with Crippen molar-refractivity contribution in [2.45, 2.75) is 31.8 Å². The topological polar surface area (TPSA) is 17.1 Å². The van der Waals surface area contributed by atoms with Crippen LogP contribution in [0.15, 0.2) is 10.5 Å². The summed E-state index contributed by atoms with van der Waals surface area (Å²) < 4.78 is 36.4. The van der Waals surface area contributed by atoms with Crippen molar-refractivity contribution in [3.8, 4) is 0 Å². The molecular weight excluding hydrogens is 260 g/mol. The average Bonchev–Trinajstić information content (AvgIpc) is 1.95. The van der Waals surface area contributed by atoms with Crippen molar-refractivity contribution < 1.29 is 18.0 Å². The average molecular weight is 271 g/mol. The van der Waals surface area contributed by atoms with E-state index in [1.165, 1.54) is 6.08 Å². The van der Waals surface area contributed by atoms with Crippen LogP contribution in [0.5, 0.6) is 0 Å². The molecule has 0 fully saturated rings. The first-order chi connectivity index (χ1) is 6.21. The van der Waals surface area contributed by atoms with Crippen LogP contribution in [0, 0.1) is 5.41 Å². The summed E-state index contributed by atoms with van der Waals surface area (Å²) in [6.07, 6.45) is 2.12. The zero-order chi connectivity index (χ0) is 11.0. The van der Waals surface area contributed by atoms with E-state index in [1.807, 2.05) is 0 Å². The quantitative estimate of drug-likeness (QED) is 0.670. The minimum atomic E-state index is -4.14. The molecule has 0 saturated heterocycles. The second-order valence-electron chi connectivity index (χ2n) is 3.91. The Kier molecular flexibility index (Phi) is 3.12. The molecule has 0 amide bonds. The van der Waals surface area contributed by atoms with Crippen LogP contribution >= 0.6 is 0 Å². The van der Waals surface area contributed by atoms with Gasteiger partial charge in [-0.3, -0.25) is 0 Å². The summed E-state index contributed by atoms with van der Waals surface area (Å²) in [5, 5.41) is -4.14.